The van der Waals surface area contributed by atoms with Crippen molar-refractivity contribution < 1.29 is 27.3 Å². The molecular formula is C19H17ClF3N4O2+. The van der Waals surface area contributed by atoms with Crippen LogP contribution in [0, 0.1) is 5.92 Å². The Morgan fingerprint density at radius 1 is 1.38 bits per heavy atom. The van der Waals surface area contributed by atoms with Crippen LogP contribution in [0.1, 0.15) is 19.4 Å². The third kappa shape index (κ3) is 5.34. The van der Waals surface area contributed by atoms with E-state index >= 15 is 0 Å². The van der Waals surface area contributed by atoms with Crippen molar-refractivity contribution in [1.29, 1.82) is 0 Å². The number of hydrogen-bond donors (Lipinski definition) is 1. The Bertz CT molecular complexity index is 1110. The Hall–Kier alpha value is -2.90. The summed E-state index contributed by atoms with van der Waals surface area (Å²) in [5.41, 5.74) is 0.645. The summed E-state index contributed by atoms with van der Waals surface area (Å²) in [4.78, 5) is 20.0. The van der Waals surface area contributed by atoms with Gasteiger partial charge >= 0.3 is 6.18 Å². The zero-order chi connectivity index (χ0) is 21.2. The second-order valence-electron chi connectivity index (χ2n) is 6.67. The van der Waals surface area contributed by atoms with Crippen molar-refractivity contribution in [2.24, 2.45) is 5.92 Å². The first-order valence-corrected chi connectivity index (χ1v) is 9.02. The number of halogens is 4. The number of rotatable bonds is 6. The molecule has 0 aromatic carbocycles. The lowest BCUT2D eigenvalue weighted by molar-refractivity contribution is -0.429. The predicted molar refractivity (Wildman–Crippen MR) is 100 cm³/mol. The van der Waals surface area contributed by atoms with Gasteiger partial charge in [0.25, 0.3) is 0 Å². The fourth-order valence-electron chi connectivity index (χ4n) is 2.49. The van der Waals surface area contributed by atoms with E-state index in [1.807, 2.05) is 0 Å². The summed E-state index contributed by atoms with van der Waals surface area (Å²) in [7, 11) is 0. The summed E-state index contributed by atoms with van der Waals surface area (Å²) >= 11 is 5.98. The molecule has 1 aliphatic rings. The first-order valence-electron chi connectivity index (χ1n) is 8.64. The minimum atomic E-state index is -4.47. The lowest BCUT2D eigenvalue weighted by Gasteiger charge is -2.09. The molecule has 3 heterocycles. The predicted octanol–water partition coefficient (Wildman–Crippen LogP) is 1.97. The highest BCUT2D eigenvalue weighted by molar-refractivity contribution is 6.31. The fourth-order valence-corrected chi connectivity index (χ4v) is 2.74. The molecule has 1 N–H and O–H groups in total. The normalized spacial score (nSPS) is 12.7. The lowest BCUT2D eigenvalue weighted by Crippen LogP contribution is -2.31. The van der Waals surface area contributed by atoms with Crippen molar-refractivity contribution in [2.75, 3.05) is 11.9 Å². The van der Waals surface area contributed by atoms with Gasteiger partial charge < -0.3 is 10.1 Å². The zero-order valence-corrected chi connectivity index (χ0v) is 16.3. The van der Waals surface area contributed by atoms with E-state index in [0.29, 0.717) is 23.1 Å². The molecule has 0 saturated carbocycles. The number of amides is 1. The minimum Gasteiger partial charge on any atom is -0.467 e. The van der Waals surface area contributed by atoms with Crippen LogP contribution in [0.4, 0.5) is 19.0 Å². The largest absolute Gasteiger partial charge is 0.467 e. The van der Waals surface area contributed by atoms with E-state index in [0.717, 1.165) is 5.22 Å². The Morgan fingerprint density at radius 3 is 2.79 bits per heavy atom. The Kier molecular flexibility index (Phi) is 5.91. The first-order chi connectivity index (χ1) is 13.6. The number of alkyl halides is 3. The molecule has 1 amide bonds. The minimum absolute atomic E-state index is 0.0185. The van der Waals surface area contributed by atoms with Crippen molar-refractivity contribution >= 4 is 35.4 Å². The fraction of sp³-hybridized carbons (Fsp3) is 0.316. The molecule has 0 bridgehead atoms. The van der Waals surface area contributed by atoms with Crippen LogP contribution < -0.4 is 20.5 Å². The van der Waals surface area contributed by atoms with Crippen molar-refractivity contribution in [1.82, 2.24) is 9.97 Å². The average molecular weight is 426 g/mol. The topological polar surface area (TPSA) is 67.1 Å². The summed E-state index contributed by atoms with van der Waals surface area (Å²) in [6, 6.07) is 3.24. The highest BCUT2D eigenvalue weighted by atomic mass is 35.5. The van der Waals surface area contributed by atoms with Crippen molar-refractivity contribution in [3.8, 4) is 5.88 Å². The number of anilines is 1. The number of ether oxygens (including phenoxy) is 1. The molecule has 2 aromatic rings. The van der Waals surface area contributed by atoms with Gasteiger partial charge in [-0.25, -0.2) is 9.97 Å². The number of carbonyl (C=O) groups is 1. The molecule has 0 aliphatic carbocycles. The molecule has 3 rings (SSSR count). The van der Waals surface area contributed by atoms with E-state index in [-0.39, 0.29) is 22.7 Å². The van der Waals surface area contributed by atoms with Crippen LogP contribution >= 0.6 is 11.6 Å². The molecule has 1 aliphatic heterocycles. The van der Waals surface area contributed by atoms with Crippen LogP contribution in [-0.2, 0) is 11.3 Å². The third-order valence-electron chi connectivity index (χ3n) is 3.89. The van der Waals surface area contributed by atoms with Gasteiger partial charge in [0.2, 0.25) is 11.8 Å². The summed E-state index contributed by atoms with van der Waals surface area (Å²) in [5.74, 6) is 2.95. The molecule has 0 fully saturated rings. The molecule has 6 nitrogen and oxygen atoms in total. The maximum Gasteiger partial charge on any atom is 0.422 e. The van der Waals surface area contributed by atoms with Crippen molar-refractivity contribution in [2.45, 2.75) is 26.6 Å². The summed E-state index contributed by atoms with van der Waals surface area (Å²) < 4.78 is 43.1. The average Bonchev–Trinajstić information content (AvgIpc) is 3.03. The van der Waals surface area contributed by atoms with Gasteiger partial charge in [-0.05, 0) is 12.1 Å². The number of fused-ring (bicyclic) bond motifs is 1. The summed E-state index contributed by atoms with van der Waals surface area (Å²) in [5, 5.41) is 4.23. The molecule has 2 aromatic heterocycles. The molecular weight excluding hydrogens is 409 g/mol. The Balaban J connectivity index is 1.78. The summed E-state index contributed by atoms with van der Waals surface area (Å²) in [6.45, 7) is 2.42. The molecule has 10 heteroatoms. The van der Waals surface area contributed by atoms with Crippen LogP contribution in [0.5, 0.6) is 5.88 Å². The van der Waals surface area contributed by atoms with E-state index in [2.05, 4.69) is 25.9 Å². The number of nitrogens with zero attached hydrogens (tertiary/aromatic N) is 3. The maximum atomic E-state index is 12.3. The monoisotopic (exact) mass is 425 g/mol. The van der Waals surface area contributed by atoms with Gasteiger partial charge in [0, 0.05) is 23.9 Å². The molecule has 29 heavy (non-hydrogen) atoms. The van der Waals surface area contributed by atoms with E-state index in [1.54, 1.807) is 36.9 Å². The molecule has 0 atom stereocenters. The van der Waals surface area contributed by atoms with E-state index in [4.69, 9.17) is 11.6 Å². The van der Waals surface area contributed by atoms with E-state index < -0.39 is 12.8 Å². The Morgan fingerprint density at radius 2 is 2.14 bits per heavy atom. The highest BCUT2D eigenvalue weighted by Crippen LogP contribution is 2.25. The third-order valence-corrected chi connectivity index (χ3v) is 4.17. The van der Waals surface area contributed by atoms with Crippen LogP contribution in [0.15, 0.2) is 24.5 Å². The smallest absolute Gasteiger partial charge is 0.422 e. The number of nitrogens with one attached hydrogen (secondary N) is 1. The molecule has 0 saturated heterocycles. The molecule has 0 unspecified atom stereocenters. The van der Waals surface area contributed by atoms with Crippen LogP contribution in [0.2, 0.25) is 5.02 Å². The number of aromatic nitrogens is 2. The van der Waals surface area contributed by atoms with Gasteiger partial charge in [-0.1, -0.05) is 25.4 Å². The van der Waals surface area contributed by atoms with Crippen LogP contribution in [-0.4, -0.2) is 39.1 Å². The maximum absolute atomic E-state index is 12.3. The second kappa shape index (κ2) is 8.23. The number of pyridine rings is 2. The van der Waals surface area contributed by atoms with Gasteiger partial charge in [-0.15, -0.1) is 0 Å². The SMILES string of the molecule is CC(C)C(=O)Nc1nccc2c1=C[N+](Cc1cnc(OCC(F)(F)F)c(Cl)c1)=C=2. The van der Waals surface area contributed by atoms with Gasteiger partial charge in [0.15, 0.2) is 25.2 Å². The number of carbonyl (C=O) groups excluding carboxylic acids is 1. The van der Waals surface area contributed by atoms with Crippen LogP contribution in [0.3, 0.4) is 0 Å². The lowest BCUT2D eigenvalue weighted by atomic mass is 10.2. The quantitative estimate of drug-likeness (QED) is 0.719. The zero-order valence-electron chi connectivity index (χ0n) is 15.5. The summed E-state index contributed by atoms with van der Waals surface area (Å²) in [6.07, 6.45) is 0.251. The molecule has 152 valence electrons. The van der Waals surface area contributed by atoms with Crippen molar-refractivity contribution in [3.05, 3.63) is 45.5 Å². The van der Waals surface area contributed by atoms with E-state index in [1.165, 1.54) is 12.3 Å². The highest BCUT2D eigenvalue weighted by Gasteiger charge is 2.29. The van der Waals surface area contributed by atoms with Gasteiger partial charge in [0.1, 0.15) is 21.3 Å². The first kappa shape index (κ1) is 20.8. The van der Waals surface area contributed by atoms with Gasteiger partial charge in [-0.2, -0.15) is 17.7 Å². The van der Waals surface area contributed by atoms with Gasteiger partial charge in [-0.3, -0.25) is 4.79 Å². The molecule has 0 spiro atoms. The second-order valence-corrected chi connectivity index (χ2v) is 7.08. The Labute approximate surface area is 169 Å². The van der Waals surface area contributed by atoms with Crippen LogP contribution in [0.25, 0.3) is 6.20 Å². The van der Waals surface area contributed by atoms with Gasteiger partial charge in [0.05, 0.1) is 0 Å². The number of hydrogen-bond acceptors (Lipinski definition) is 4. The van der Waals surface area contributed by atoms with E-state index in [9.17, 15) is 18.0 Å². The standard InChI is InChI=1S/C19H16ClF3N4O2/c1-11(2)17(28)26-16-14-9-27(8-13(14)3-4-24-16)7-12-5-15(20)18(25-6-12)29-10-19(21,22)23/h3-6,9,11H,7,10H2,1-2H3/p+1. The molecule has 0 radical (unpaired) electrons. The van der Waals surface area contributed by atoms with Crippen molar-refractivity contribution in [3.63, 3.8) is 0 Å².